The van der Waals surface area contributed by atoms with E-state index in [4.69, 9.17) is 25.6 Å². The number of hydrogen-bond acceptors (Lipinski definition) is 6. The van der Waals surface area contributed by atoms with Crippen LogP contribution in [0.4, 0.5) is 10.5 Å². The van der Waals surface area contributed by atoms with Gasteiger partial charge >= 0.3 is 6.03 Å². The summed E-state index contributed by atoms with van der Waals surface area (Å²) in [7, 11) is 1.51. The van der Waals surface area contributed by atoms with E-state index in [9.17, 15) is 4.79 Å². The molecule has 2 aromatic rings. The minimum absolute atomic E-state index is 0.130. The van der Waals surface area contributed by atoms with Crippen LogP contribution in [0.25, 0.3) is 0 Å². The van der Waals surface area contributed by atoms with Crippen LogP contribution in [0.15, 0.2) is 22.7 Å². The predicted octanol–water partition coefficient (Wildman–Crippen LogP) is 2.90. The van der Waals surface area contributed by atoms with Crippen molar-refractivity contribution >= 4 is 23.3 Å². The molecule has 0 aliphatic carbocycles. The van der Waals surface area contributed by atoms with Crippen LogP contribution in [0.3, 0.4) is 0 Å². The van der Waals surface area contributed by atoms with Crippen molar-refractivity contribution < 1.29 is 18.8 Å². The molecular formula is C15H17ClN4O4. The first-order valence-electron chi connectivity index (χ1n) is 7.48. The quantitative estimate of drug-likeness (QED) is 0.858. The van der Waals surface area contributed by atoms with Crippen LogP contribution in [0.2, 0.25) is 5.02 Å². The molecule has 1 saturated heterocycles. The maximum Gasteiger partial charge on any atom is 0.319 e. The summed E-state index contributed by atoms with van der Waals surface area (Å²) in [5, 5.41) is 9.64. The highest BCUT2D eigenvalue weighted by atomic mass is 35.5. The SMILES string of the molecule is COc1ccc(Cl)cc1NC(=O)NCc1noc(C2CCCO2)n1. The Kier molecular flexibility index (Phi) is 5.17. The van der Waals surface area contributed by atoms with Crippen molar-refractivity contribution in [3.63, 3.8) is 0 Å². The normalized spacial score (nSPS) is 16.8. The number of carbonyl (C=O) groups excluding carboxylic acids is 1. The lowest BCUT2D eigenvalue weighted by Gasteiger charge is -2.10. The van der Waals surface area contributed by atoms with Gasteiger partial charge in [0.1, 0.15) is 11.9 Å². The van der Waals surface area contributed by atoms with Crippen LogP contribution in [0.1, 0.15) is 30.7 Å². The number of ether oxygens (including phenoxy) is 2. The standard InChI is InChI=1S/C15H17ClN4O4/c1-22-11-5-4-9(16)7-10(11)18-15(21)17-8-13-19-14(24-20-13)12-3-2-6-23-12/h4-5,7,12H,2-3,6,8H2,1H3,(H2,17,18,21). The second kappa shape index (κ2) is 7.50. The molecule has 0 bridgehead atoms. The Bertz CT molecular complexity index is 715. The van der Waals surface area contributed by atoms with Gasteiger partial charge < -0.3 is 24.6 Å². The van der Waals surface area contributed by atoms with Gasteiger partial charge in [0.25, 0.3) is 5.89 Å². The van der Waals surface area contributed by atoms with Gasteiger partial charge in [-0.25, -0.2) is 4.79 Å². The molecule has 9 heteroatoms. The number of carbonyl (C=O) groups is 1. The van der Waals surface area contributed by atoms with Crippen molar-refractivity contribution in [1.82, 2.24) is 15.5 Å². The monoisotopic (exact) mass is 352 g/mol. The van der Waals surface area contributed by atoms with Crippen molar-refractivity contribution in [2.75, 3.05) is 19.0 Å². The lowest BCUT2D eigenvalue weighted by Crippen LogP contribution is -2.28. The van der Waals surface area contributed by atoms with Gasteiger partial charge in [0, 0.05) is 11.6 Å². The summed E-state index contributed by atoms with van der Waals surface area (Å²) in [5.74, 6) is 1.34. The number of rotatable bonds is 5. The lowest BCUT2D eigenvalue weighted by atomic mass is 10.2. The number of nitrogens with zero attached hydrogens (tertiary/aromatic N) is 2. The molecule has 0 radical (unpaired) electrons. The van der Waals surface area contributed by atoms with Gasteiger partial charge in [-0.15, -0.1) is 0 Å². The molecule has 1 aliphatic heterocycles. The fourth-order valence-corrected chi connectivity index (χ4v) is 2.52. The Labute approximate surface area is 143 Å². The average molecular weight is 353 g/mol. The largest absolute Gasteiger partial charge is 0.495 e. The van der Waals surface area contributed by atoms with Gasteiger partial charge in [-0.1, -0.05) is 16.8 Å². The molecule has 1 unspecified atom stereocenters. The van der Waals surface area contributed by atoms with Gasteiger partial charge in [-0.3, -0.25) is 0 Å². The second-order valence-corrected chi connectivity index (χ2v) is 5.64. The molecule has 2 heterocycles. The minimum atomic E-state index is -0.431. The molecule has 8 nitrogen and oxygen atoms in total. The van der Waals surface area contributed by atoms with E-state index in [0.717, 1.165) is 12.8 Å². The average Bonchev–Trinajstić information content (AvgIpc) is 3.24. The van der Waals surface area contributed by atoms with Crippen LogP contribution < -0.4 is 15.4 Å². The molecule has 3 rings (SSSR count). The number of anilines is 1. The molecule has 1 atom stereocenters. The van der Waals surface area contributed by atoms with E-state index >= 15 is 0 Å². The molecule has 0 saturated carbocycles. The third kappa shape index (κ3) is 3.95. The molecule has 0 spiro atoms. The van der Waals surface area contributed by atoms with Crippen LogP contribution >= 0.6 is 11.6 Å². The van der Waals surface area contributed by atoms with E-state index in [-0.39, 0.29) is 12.6 Å². The number of benzene rings is 1. The number of amides is 2. The highest BCUT2D eigenvalue weighted by molar-refractivity contribution is 6.31. The van der Waals surface area contributed by atoms with Crippen LogP contribution in [0.5, 0.6) is 5.75 Å². The van der Waals surface area contributed by atoms with Crippen LogP contribution in [0, 0.1) is 0 Å². The summed E-state index contributed by atoms with van der Waals surface area (Å²) >= 11 is 5.92. The Morgan fingerprint density at radius 1 is 1.50 bits per heavy atom. The van der Waals surface area contributed by atoms with Crippen LogP contribution in [-0.4, -0.2) is 29.9 Å². The molecule has 2 N–H and O–H groups in total. The fraction of sp³-hybridized carbons (Fsp3) is 0.400. The number of urea groups is 1. The summed E-state index contributed by atoms with van der Waals surface area (Å²) in [4.78, 5) is 16.2. The summed E-state index contributed by atoms with van der Waals surface area (Å²) < 4.78 is 15.8. The molecule has 1 fully saturated rings. The first kappa shape index (κ1) is 16.5. The predicted molar refractivity (Wildman–Crippen MR) is 86.1 cm³/mol. The van der Waals surface area contributed by atoms with E-state index in [2.05, 4.69) is 20.8 Å². The van der Waals surface area contributed by atoms with Gasteiger partial charge in [0.15, 0.2) is 5.82 Å². The number of methoxy groups -OCH3 is 1. The fourth-order valence-electron chi connectivity index (χ4n) is 2.35. The third-order valence-electron chi connectivity index (χ3n) is 3.51. The summed E-state index contributed by atoms with van der Waals surface area (Å²) in [6, 6.07) is 4.52. The molecule has 1 aliphatic rings. The minimum Gasteiger partial charge on any atom is -0.495 e. The van der Waals surface area contributed by atoms with E-state index < -0.39 is 6.03 Å². The smallest absolute Gasteiger partial charge is 0.319 e. The van der Waals surface area contributed by atoms with E-state index in [0.29, 0.717) is 34.8 Å². The topological polar surface area (TPSA) is 98.5 Å². The Balaban J connectivity index is 1.55. The molecular weight excluding hydrogens is 336 g/mol. The first-order chi connectivity index (χ1) is 11.7. The van der Waals surface area contributed by atoms with Crippen molar-refractivity contribution in [3.05, 3.63) is 34.9 Å². The van der Waals surface area contributed by atoms with E-state index in [1.54, 1.807) is 18.2 Å². The zero-order valence-electron chi connectivity index (χ0n) is 13.0. The number of hydrogen-bond donors (Lipinski definition) is 2. The number of aromatic nitrogens is 2. The van der Waals surface area contributed by atoms with Gasteiger partial charge in [-0.2, -0.15) is 4.98 Å². The van der Waals surface area contributed by atoms with Gasteiger partial charge in [0.2, 0.25) is 0 Å². The summed E-state index contributed by atoms with van der Waals surface area (Å²) in [6.45, 7) is 0.829. The van der Waals surface area contributed by atoms with E-state index in [1.807, 2.05) is 0 Å². The van der Waals surface area contributed by atoms with Crippen molar-refractivity contribution in [1.29, 1.82) is 0 Å². The zero-order chi connectivity index (χ0) is 16.9. The Morgan fingerprint density at radius 3 is 3.12 bits per heavy atom. The Morgan fingerprint density at radius 2 is 2.38 bits per heavy atom. The van der Waals surface area contributed by atoms with Crippen molar-refractivity contribution in [2.45, 2.75) is 25.5 Å². The molecule has 2 amide bonds. The third-order valence-corrected chi connectivity index (χ3v) is 3.74. The highest BCUT2D eigenvalue weighted by Crippen LogP contribution is 2.28. The number of nitrogens with one attached hydrogen (secondary N) is 2. The lowest BCUT2D eigenvalue weighted by molar-refractivity contribution is 0.0835. The first-order valence-corrected chi connectivity index (χ1v) is 7.86. The Hall–Kier alpha value is -2.32. The maximum absolute atomic E-state index is 12.0. The van der Waals surface area contributed by atoms with Gasteiger partial charge in [0.05, 0.1) is 19.3 Å². The number of halogens is 1. The van der Waals surface area contributed by atoms with E-state index in [1.165, 1.54) is 7.11 Å². The van der Waals surface area contributed by atoms with Gasteiger partial charge in [-0.05, 0) is 31.0 Å². The summed E-state index contributed by atoms with van der Waals surface area (Å²) in [6.07, 6.45) is 1.70. The maximum atomic E-state index is 12.0. The molecule has 1 aromatic carbocycles. The van der Waals surface area contributed by atoms with Crippen molar-refractivity contribution in [3.8, 4) is 5.75 Å². The molecule has 24 heavy (non-hydrogen) atoms. The van der Waals surface area contributed by atoms with Crippen molar-refractivity contribution in [2.24, 2.45) is 0 Å². The highest BCUT2D eigenvalue weighted by Gasteiger charge is 2.23. The zero-order valence-corrected chi connectivity index (χ0v) is 13.8. The molecule has 128 valence electrons. The van der Waals surface area contributed by atoms with Crippen LogP contribution in [-0.2, 0) is 11.3 Å². The molecule has 1 aromatic heterocycles. The second-order valence-electron chi connectivity index (χ2n) is 5.20. The summed E-state index contributed by atoms with van der Waals surface area (Å²) in [5.41, 5.74) is 0.468.